The molecule has 1 heterocycles. The third-order valence-electron chi connectivity index (χ3n) is 1.64. The van der Waals surface area contributed by atoms with Crippen molar-refractivity contribution in [2.45, 2.75) is 0 Å². The van der Waals surface area contributed by atoms with Crippen molar-refractivity contribution < 1.29 is 4.42 Å². The second-order valence-corrected chi connectivity index (χ2v) is 3.67. The van der Waals surface area contributed by atoms with E-state index >= 15 is 0 Å². The Morgan fingerprint density at radius 1 is 1.25 bits per heavy atom. The van der Waals surface area contributed by atoms with Gasteiger partial charge in [0.2, 0.25) is 0 Å². The van der Waals surface area contributed by atoms with Crippen LogP contribution in [0.3, 0.4) is 0 Å². The van der Waals surface area contributed by atoms with Crippen LogP contribution in [0.1, 0.15) is 0 Å². The Bertz CT molecular complexity index is 475. The van der Waals surface area contributed by atoms with Crippen LogP contribution in [0.2, 0.25) is 0 Å². The van der Waals surface area contributed by atoms with Crippen LogP contribution >= 0.6 is 28.1 Å². The van der Waals surface area contributed by atoms with Crippen LogP contribution < -0.4 is 0 Å². The first-order chi connectivity index (χ1) is 5.79. The van der Waals surface area contributed by atoms with Crippen LogP contribution in [0, 0.1) is 4.51 Å². The van der Waals surface area contributed by atoms with Crippen LogP contribution in [-0.2, 0) is 0 Å². The maximum atomic E-state index is 5.31. The summed E-state index contributed by atoms with van der Waals surface area (Å²) in [5.74, 6) is 0. The normalized spacial score (nSPS) is 10.4. The molecule has 12 heavy (non-hydrogen) atoms. The van der Waals surface area contributed by atoms with E-state index in [4.69, 9.17) is 16.6 Å². The van der Waals surface area contributed by atoms with E-state index in [0.29, 0.717) is 0 Å². The lowest BCUT2D eigenvalue weighted by Crippen LogP contribution is -1.73. The smallest absolute Gasteiger partial charge is 0.135 e. The molecule has 2 rings (SSSR count). The van der Waals surface area contributed by atoms with Crippen LogP contribution in [0.4, 0.5) is 0 Å². The van der Waals surface area contributed by atoms with Crippen molar-refractivity contribution in [1.29, 1.82) is 0 Å². The third-order valence-corrected chi connectivity index (χ3v) is 2.92. The Balaban J connectivity index is 3.01. The van der Waals surface area contributed by atoms with Gasteiger partial charge >= 0.3 is 0 Å². The molecular weight excluding hydrogens is 236 g/mol. The number of fused-ring (bicyclic) bond motifs is 1. The van der Waals surface area contributed by atoms with Gasteiger partial charge in [0.05, 0.1) is 8.98 Å². The molecular formula is C9H5BrOS. The molecule has 0 amide bonds. The van der Waals surface area contributed by atoms with Crippen molar-refractivity contribution in [2.75, 3.05) is 0 Å². The van der Waals surface area contributed by atoms with Crippen molar-refractivity contribution in [3.63, 3.8) is 0 Å². The molecule has 0 aliphatic rings. The lowest BCUT2D eigenvalue weighted by Gasteiger charge is -1.96. The third kappa shape index (κ3) is 1.19. The predicted molar refractivity (Wildman–Crippen MR) is 54.7 cm³/mol. The van der Waals surface area contributed by atoms with E-state index in [0.717, 1.165) is 20.0 Å². The summed E-state index contributed by atoms with van der Waals surface area (Å²) in [7, 11) is 0. The van der Waals surface area contributed by atoms with Crippen molar-refractivity contribution >= 4 is 39.1 Å². The van der Waals surface area contributed by atoms with E-state index in [1.807, 2.05) is 24.3 Å². The quantitative estimate of drug-likeness (QED) is 0.648. The zero-order valence-corrected chi connectivity index (χ0v) is 8.48. The van der Waals surface area contributed by atoms with E-state index in [1.165, 1.54) is 0 Å². The number of para-hydroxylation sites is 1. The first-order valence-corrected chi connectivity index (χ1v) is 4.65. The molecule has 0 saturated carbocycles. The monoisotopic (exact) mass is 240 g/mol. The fourth-order valence-electron chi connectivity index (χ4n) is 1.05. The van der Waals surface area contributed by atoms with Gasteiger partial charge in [0.1, 0.15) is 11.8 Å². The molecule has 0 N–H and O–H groups in total. The van der Waals surface area contributed by atoms with E-state index in [2.05, 4.69) is 15.9 Å². The van der Waals surface area contributed by atoms with Crippen molar-refractivity contribution in [2.24, 2.45) is 0 Å². The first kappa shape index (κ1) is 7.95. The van der Waals surface area contributed by atoms with Crippen LogP contribution in [-0.4, -0.2) is 0 Å². The van der Waals surface area contributed by atoms with E-state index in [1.54, 1.807) is 6.26 Å². The van der Waals surface area contributed by atoms with Gasteiger partial charge in [0.25, 0.3) is 0 Å². The van der Waals surface area contributed by atoms with E-state index in [-0.39, 0.29) is 0 Å². The fourth-order valence-corrected chi connectivity index (χ4v) is 1.58. The van der Waals surface area contributed by atoms with Gasteiger partial charge in [-0.3, -0.25) is 0 Å². The molecule has 0 atom stereocenters. The molecule has 0 aliphatic carbocycles. The van der Waals surface area contributed by atoms with Gasteiger partial charge in [-0.05, 0) is 28.1 Å². The van der Waals surface area contributed by atoms with Gasteiger partial charge in [-0.1, -0.05) is 24.4 Å². The van der Waals surface area contributed by atoms with Gasteiger partial charge in [-0.15, -0.1) is 0 Å². The molecule has 0 bridgehead atoms. The molecule has 0 aliphatic heterocycles. The summed E-state index contributed by atoms with van der Waals surface area (Å²) in [4.78, 5) is 0. The summed E-state index contributed by atoms with van der Waals surface area (Å²) in [6.45, 7) is 0. The molecule has 60 valence electrons. The summed E-state index contributed by atoms with van der Waals surface area (Å²) >= 11 is 8.51. The van der Waals surface area contributed by atoms with Crippen molar-refractivity contribution in [1.82, 2.24) is 0 Å². The number of halogens is 1. The minimum atomic E-state index is 0.803. The Hall–Kier alpha value is -0.670. The van der Waals surface area contributed by atoms with E-state index in [9.17, 15) is 0 Å². The molecule has 0 spiro atoms. The number of hydrogen-bond donors (Lipinski definition) is 0. The SMILES string of the molecule is S=c1c(Br)coc2ccccc12. The Morgan fingerprint density at radius 3 is 2.83 bits per heavy atom. The summed E-state index contributed by atoms with van der Waals surface area (Å²) in [6, 6.07) is 7.72. The number of rotatable bonds is 0. The summed E-state index contributed by atoms with van der Waals surface area (Å²) in [5, 5.41) is 0.974. The Kier molecular flexibility index (Phi) is 1.98. The second-order valence-electron chi connectivity index (χ2n) is 2.41. The molecule has 1 nitrogen and oxygen atoms in total. The highest BCUT2D eigenvalue weighted by atomic mass is 79.9. The van der Waals surface area contributed by atoms with Crippen molar-refractivity contribution in [3.8, 4) is 0 Å². The average Bonchev–Trinajstić information content (AvgIpc) is 2.12. The summed E-state index contributed by atoms with van der Waals surface area (Å²) < 4.78 is 6.94. The molecule has 3 heteroatoms. The molecule has 1 aromatic heterocycles. The Labute approximate surface area is 83.1 Å². The van der Waals surface area contributed by atoms with Gasteiger partial charge in [-0.25, -0.2) is 0 Å². The first-order valence-electron chi connectivity index (χ1n) is 3.45. The van der Waals surface area contributed by atoms with Gasteiger partial charge in [-0.2, -0.15) is 0 Å². The molecule has 0 radical (unpaired) electrons. The van der Waals surface area contributed by atoms with Crippen LogP contribution in [0.25, 0.3) is 11.0 Å². The predicted octanol–water partition coefficient (Wildman–Crippen LogP) is 3.92. The van der Waals surface area contributed by atoms with Crippen molar-refractivity contribution in [3.05, 3.63) is 39.5 Å². The number of benzene rings is 1. The summed E-state index contributed by atoms with van der Waals surface area (Å²) in [5.41, 5.74) is 0.825. The van der Waals surface area contributed by atoms with Crippen LogP contribution in [0.15, 0.2) is 39.4 Å². The molecule has 1 aromatic carbocycles. The highest BCUT2D eigenvalue weighted by molar-refractivity contribution is 9.10. The second kappa shape index (κ2) is 2.99. The molecule has 0 fully saturated rings. The molecule has 0 saturated heterocycles. The lowest BCUT2D eigenvalue weighted by molar-refractivity contribution is 0.599. The number of hydrogen-bond acceptors (Lipinski definition) is 2. The molecule has 0 unspecified atom stereocenters. The standard InChI is InChI=1S/C9H5BrOS/c10-7-5-11-8-4-2-1-3-6(8)9(7)12/h1-5H. The highest BCUT2D eigenvalue weighted by Gasteiger charge is 1.98. The van der Waals surface area contributed by atoms with Gasteiger partial charge < -0.3 is 4.42 Å². The van der Waals surface area contributed by atoms with E-state index < -0.39 is 0 Å². The van der Waals surface area contributed by atoms with Crippen LogP contribution in [0.5, 0.6) is 0 Å². The average molecular weight is 241 g/mol. The fraction of sp³-hybridized carbons (Fsp3) is 0. The van der Waals surface area contributed by atoms with Gasteiger partial charge in [0.15, 0.2) is 0 Å². The maximum absolute atomic E-state index is 5.31. The minimum Gasteiger partial charge on any atom is -0.463 e. The summed E-state index contributed by atoms with van der Waals surface area (Å²) in [6.07, 6.45) is 1.62. The topological polar surface area (TPSA) is 13.1 Å². The molecule has 2 aromatic rings. The zero-order chi connectivity index (χ0) is 8.55. The maximum Gasteiger partial charge on any atom is 0.135 e. The highest BCUT2D eigenvalue weighted by Crippen LogP contribution is 2.21. The minimum absolute atomic E-state index is 0.803. The largest absolute Gasteiger partial charge is 0.463 e. The lowest BCUT2D eigenvalue weighted by atomic mass is 10.2. The Morgan fingerprint density at radius 2 is 2.00 bits per heavy atom. The van der Waals surface area contributed by atoms with Gasteiger partial charge in [0, 0.05) is 5.39 Å². The zero-order valence-electron chi connectivity index (χ0n) is 6.08.